The first kappa shape index (κ1) is 7.51. The molecule has 1 heterocycles. The molecule has 8 heavy (non-hydrogen) atoms. The van der Waals surface area contributed by atoms with E-state index in [0.29, 0.717) is 0 Å². The van der Waals surface area contributed by atoms with Gasteiger partial charge < -0.3 is 0 Å². The van der Waals surface area contributed by atoms with E-state index in [1.54, 1.807) is 0 Å². The quantitative estimate of drug-likeness (QED) is 0.432. The van der Waals surface area contributed by atoms with E-state index in [0.717, 1.165) is 0 Å². The Balaban J connectivity index is 2.33. The predicted octanol–water partition coefficient (Wildman–Crippen LogP) is 2.23. The summed E-state index contributed by atoms with van der Waals surface area (Å²) in [5.74, 6) is 4.98. The molecule has 1 fully saturated rings. The number of thioether (sulfide) groups is 1. The molecule has 0 nitrogen and oxygen atoms in total. The van der Waals surface area contributed by atoms with Gasteiger partial charge in [-0.1, -0.05) is 0 Å². The van der Waals surface area contributed by atoms with Crippen LogP contribution in [-0.2, 0) is 0 Å². The standard InChI is InChI=1S/C4H10S4/c5-8(6)3-1-7-2-4-8/h5-6H,1-4H2. The molecule has 1 aliphatic heterocycles. The Morgan fingerprint density at radius 1 is 1.12 bits per heavy atom. The lowest BCUT2D eigenvalue weighted by Gasteiger charge is -2.31. The minimum atomic E-state index is -0.715. The van der Waals surface area contributed by atoms with Gasteiger partial charge in [-0.25, -0.2) is 0 Å². The first-order chi connectivity index (χ1) is 3.71. The van der Waals surface area contributed by atoms with Crippen molar-refractivity contribution >= 4 is 43.2 Å². The summed E-state index contributed by atoms with van der Waals surface area (Å²) < 4.78 is 0. The second kappa shape index (κ2) is 2.99. The van der Waals surface area contributed by atoms with Crippen LogP contribution in [0.15, 0.2) is 0 Å². The van der Waals surface area contributed by atoms with Gasteiger partial charge in [0, 0.05) is 23.0 Å². The Morgan fingerprint density at radius 3 is 1.88 bits per heavy atom. The maximum Gasteiger partial charge on any atom is 0.00336 e. The van der Waals surface area contributed by atoms with Gasteiger partial charge in [-0.2, -0.15) is 11.8 Å². The van der Waals surface area contributed by atoms with Crippen molar-refractivity contribution in [3.05, 3.63) is 0 Å². The highest BCUT2D eigenvalue weighted by Gasteiger charge is 2.17. The van der Waals surface area contributed by atoms with E-state index < -0.39 is 8.09 Å². The Kier molecular flexibility index (Phi) is 2.81. The molecule has 0 saturated carbocycles. The number of thiol groups is 2. The van der Waals surface area contributed by atoms with Crippen LogP contribution < -0.4 is 0 Å². The zero-order chi connectivity index (χ0) is 6.04. The molecular weight excluding hydrogens is 176 g/mol. The van der Waals surface area contributed by atoms with Crippen molar-refractivity contribution in [1.29, 1.82) is 0 Å². The first-order valence-electron chi connectivity index (χ1n) is 2.52. The fraction of sp³-hybridized carbons (Fsp3) is 1.00. The monoisotopic (exact) mass is 186 g/mol. The summed E-state index contributed by atoms with van der Waals surface area (Å²) in [4.78, 5) is 0. The minimum Gasteiger partial charge on any atom is -0.160 e. The average molecular weight is 186 g/mol. The number of rotatable bonds is 0. The average Bonchev–Trinajstić information content (AvgIpc) is 1.65. The van der Waals surface area contributed by atoms with Crippen molar-refractivity contribution in [2.75, 3.05) is 23.0 Å². The van der Waals surface area contributed by atoms with Crippen LogP contribution in [0.3, 0.4) is 0 Å². The second-order valence-electron chi connectivity index (χ2n) is 1.82. The van der Waals surface area contributed by atoms with Crippen molar-refractivity contribution in [2.24, 2.45) is 0 Å². The van der Waals surface area contributed by atoms with Crippen LogP contribution in [0.2, 0.25) is 0 Å². The van der Waals surface area contributed by atoms with E-state index in [4.69, 9.17) is 0 Å². The van der Waals surface area contributed by atoms with Gasteiger partial charge in [0.25, 0.3) is 0 Å². The SMILES string of the molecule is SS1(S)CCSCC1. The first-order valence-corrected chi connectivity index (χ1v) is 7.75. The highest BCUT2D eigenvalue weighted by molar-refractivity contribution is 9.18. The number of hydrogen-bond acceptors (Lipinski definition) is 3. The molecule has 0 spiro atoms. The van der Waals surface area contributed by atoms with Gasteiger partial charge in [0.2, 0.25) is 0 Å². The molecule has 0 aromatic rings. The lowest BCUT2D eigenvalue weighted by atomic mass is 10.9. The van der Waals surface area contributed by atoms with Crippen molar-refractivity contribution in [3.63, 3.8) is 0 Å². The van der Waals surface area contributed by atoms with Crippen LogP contribution in [0.4, 0.5) is 0 Å². The third-order valence-electron chi connectivity index (χ3n) is 1.11. The summed E-state index contributed by atoms with van der Waals surface area (Å²) >= 11 is 10.9. The van der Waals surface area contributed by atoms with Gasteiger partial charge in [-0.3, -0.25) is 0 Å². The fourth-order valence-corrected chi connectivity index (χ4v) is 6.76. The summed E-state index contributed by atoms with van der Waals surface area (Å²) in [6.45, 7) is 0. The molecule has 0 radical (unpaired) electrons. The largest absolute Gasteiger partial charge is 0.160 e. The Morgan fingerprint density at radius 2 is 1.62 bits per heavy atom. The highest BCUT2D eigenvalue weighted by Crippen LogP contribution is 2.59. The van der Waals surface area contributed by atoms with Crippen LogP contribution in [0.5, 0.6) is 0 Å². The van der Waals surface area contributed by atoms with Crippen LogP contribution >= 0.6 is 43.2 Å². The zero-order valence-electron chi connectivity index (χ0n) is 4.54. The van der Waals surface area contributed by atoms with E-state index in [9.17, 15) is 0 Å². The summed E-state index contributed by atoms with van der Waals surface area (Å²) in [6, 6.07) is 0. The lowest BCUT2D eigenvalue weighted by molar-refractivity contribution is 1.42. The highest BCUT2D eigenvalue weighted by atomic mass is 33.5. The topological polar surface area (TPSA) is 0 Å². The summed E-state index contributed by atoms with van der Waals surface area (Å²) in [6.07, 6.45) is 0. The van der Waals surface area contributed by atoms with Gasteiger partial charge >= 0.3 is 0 Å². The van der Waals surface area contributed by atoms with E-state index in [2.05, 4.69) is 23.3 Å². The maximum atomic E-state index is 4.45. The second-order valence-corrected chi connectivity index (χ2v) is 10.5. The van der Waals surface area contributed by atoms with Crippen LogP contribution in [0.1, 0.15) is 0 Å². The molecule has 0 atom stereocenters. The van der Waals surface area contributed by atoms with Crippen molar-refractivity contribution in [3.8, 4) is 0 Å². The van der Waals surface area contributed by atoms with E-state index in [1.807, 2.05) is 11.8 Å². The molecule has 1 rings (SSSR count). The molecule has 1 aliphatic rings. The fourth-order valence-electron chi connectivity index (χ4n) is 0.589. The van der Waals surface area contributed by atoms with Crippen LogP contribution in [0, 0.1) is 0 Å². The third-order valence-corrected chi connectivity index (χ3v) is 6.52. The molecule has 0 N–H and O–H groups in total. The van der Waals surface area contributed by atoms with Crippen molar-refractivity contribution in [1.82, 2.24) is 0 Å². The molecule has 0 aromatic carbocycles. The van der Waals surface area contributed by atoms with Gasteiger partial charge in [0.15, 0.2) is 0 Å². The molecule has 50 valence electrons. The minimum absolute atomic E-state index is 0.715. The van der Waals surface area contributed by atoms with E-state index >= 15 is 0 Å². The molecular formula is C4H10S4. The normalized spacial score (nSPS) is 31.8. The number of hydrogen-bond donors (Lipinski definition) is 2. The van der Waals surface area contributed by atoms with Crippen LogP contribution in [-0.4, -0.2) is 23.0 Å². The molecule has 1 saturated heterocycles. The van der Waals surface area contributed by atoms with Gasteiger partial charge in [0.05, 0.1) is 0 Å². The third kappa shape index (κ3) is 2.33. The molecule has 0 aromatic heterocycles. The molecule has 0 aliphatic carbocycles. The Labute approximate surface area is 66.1 Å². The molecule has 0 unspecified atom stereocenters. The van der Waals surface area contributed by atoms with Gasteiger partial charge in [-0.05, 0) is 0 Å². The summed E-state index contributed by atoms with van der Waals surface area (Å²) in [5.41, 5.74) is 0. The van der Waals surface area contributed by atoms with Crippen LogP contribution in [0.25, 0.3) is 0 Å². The van der Waals surface area contributed by atoms with E-state index in [1.165, 1.54) is 23.0 Å². The zero-order valence-corrected chi connectivity index (χ0v) is 7.96. The van der Waals surface area contributed by atoms with Gasteiger partial charge in [0.1, 0.15) is 0 Å². The predicted molar refractivity (Wildman–Crippen MR) is 52.6 cm³/mol. The van der Waals surface area contributed by atoms with E-state index in [-0.39, 0.29) is 0 Å². The Bertz CT molecular complexity index is 72.1. The van der Waals surface area contributed by atoms with Crippen molar-refractivity contribution in [2.45, 2.75) is 0 Å². The van der Waals surface area contributed by atoms with Crippen molar-refractivity contribution < 1.29 is 0 Å². The summed E-state index contributed by atoms with van der Waals surface area (Å²) in [7, 11) is -0.715. The lowest BCUT2D eigenvalue weighted by Crippen LogP contribution is -2.08. The Hall–Kier alpha value is 1.40. The van der Waals surface area contributed by atoms with Gasteiger partial charge in [-0.15, -0.1) is 31.4 Å². The maximum absolute atomic E-state index is 4.45. The molecule has 0 amide bonds. The smallest absolute Gasteiger partial charge is 0.00336 e. The molecule has 0 bridgehead atoms. The summed E-state index contributed by atoms with van der Waals surface area (Å²) in [5, 5.41) is 0. The molecule has 4 heteroatoms.